The first-order valence-corrected chi connectivity index (χ1v) is 18.2. The fourth-order valence-electron chi connectivity index (χ4n) is 4.46. The molecule has 0 heterocycles. The molecule has 0 bridgehead atoms. The Labute approximate surface area is 233 Å². The van der Waals surface area contributed by atoms with E-state index in [9.17, 15) is 0 Å². The molecule has 0 aliphatic carbocycles. The average molecular weight is 706 g/mol. The van der Waals surface area contributed by atoms with E-state index in [1.165, 1.54) is 32.3 Å². The maximum atomic E-state index is 4.61. The number of halogens is 1. The van der Waals surface area contributed by atoms with E-state index in [4.69, 9.17) is 0 Å². The van der Waals surface area contributed by atoms with E-state index in [1.807, 2.05) is 0 Å². The summed E-state index contributed by atoms with van der Waals surface area (Å²) in [6, 6.07) is 54.6. The van der Waals surface area contributed by atoms with Gasteiger partial charge in [-0.15, -0.1) is 11.1 Å². The maximum Gasteiger partial charge on any atom is 0.0969 e. The van der Waals surface area contributed by atoms with Crippen LogP contribution in [0.5, 0.6) is 0 Å². The van der Waals surface area contributed by atoms with Crippen molar-refractivity contribution in [3.63, 3.8) is 0 Å². The van der Waals surface area contributed by atoms with Crippen molar-refractivity contribution in [1.82, 2.24) is 0 Å². The van der Waals surface area contributed by atoms with Crippen molar-refractivity contribution in [3.8, 4) is 0 Å². The standard InChI is InChI=1S/C32H27P2.ClH.Pt/c1-5-16-29(17-6-1)33(30-18-7-2-8-19-30)25-27-14-13-15-28(24-27)26-34(31-20-9-3-10-21-31)32-22-11-4-12-23-32;;/h1-23H,25-26H2;1H;/q-1;;+2/p+1. The van der Waals surface area contributed by atoms with E-state index in [-0.39, 0.29) is 0 Å². The van der Waals surface area contributed by atoms with Crippen LogP contribution in [0.3, 0.4) is 0 Å². The third kappa shape index (κ3) is 7.48. The van der Waals surface area contributed by atoms with Crippen molar-refractivity contribution in [2.45, 2.75) is 12.3 Å². The molecule has 0 spiro atoms. The molecule has 5 aromatic rings. The van der Waals surface area contributed by atoms with Crippen molar-refractivity contribution in [2.75, 3.05) is 0 Å². The Bertz CT molecular complexity index is 1120. The molecule has 4 heteroatoms. The van der Waals surface area contributed by atoms with E-state index >= 15 is 0 Å². The molecule has 0 nitrogen and oxygen atoms in total. The fourth-order valence-corrected chi connectivity index (χ4v) is 9.49. The molecule has 0 amide bonds. The maximum absolute atomic E-state index is 4.61. The summed E-state index contributed by atoms with van der Waals surface area (Å²) in [7, 11) is 2.77. The largest absolute Gasteiger partial charge is 0.172 e. The van der Waals surface area contributed by atoms with Gasteiger partial charge in [0.1, 0.15) is 0 Å². The first-order chi connectivity index (χ1) is 17.9. The van der Waals surface area contributed by atoms with Gasteiger partial charge in [0.25, 0.3) is 0 Å². The number of rotatable bonds is 8. The molecule has 0 aromatic heterocycles. The Morgan fingerprint density at radius 2 is 0.694 bits per heavy atom. The average Bonchev–Trinajstić information content (AvgIpc) is 2.98. The van der Waals surface area contributed by atoms with Gasteiger partial charge in [0.05, 0.1) is 49.4 Å². The second-order valence-electron chi connectivity index (χ2n) is 8.48. The van der Waals surface area contributed by atoms with Crippen LogP contribution in [-0.4, -0.2) is 0 Å². The molecule has 0 radical (unpaired) electrons. The molecular formula is C32H29ClP2Pt+2. The van der Waals surface area contributed by atoms with Gasteiger partial charge in [-0.3, -0.25) is 0 Å². The van der Waals surface area contributed by atoms with Crippen molar-refractivity contribution < 1.29 is 18.8 Å². The molecule has 0 aliphatic heterocycles. The number of hydrogen-bond donors (Lipinski definition) is 0. The molecular weight excluding hydrogens is 677 g/mol. The minimum atomic E-state index is -0.923. The zero-order valence-electron chi connectivity index (χ0n) is 19.9. The predicted molar refractivity (Wildman–Crippen MR) is 159 cm³/mol. The van der Waals surface area contributed by atoms with Gasteiger partial charge in [-0.05, 0) is 48.5 Å². The van der Waals surface area contributed by atoms with Crippen molar-refractivity contribution in [1.29, 1.82) is 0 Å². The van der Waals surface area contributed by atoms with Gasteiger partial charge < -0.3 is 0 Å². The van der Waals surface area contributed by atoms with E-state index in [2.05, 4.69) is 155 Å². The van der Waals surface area contributed by atoms with Crippen LogP contribution in [-0.2, 0) is 31.1 Å². The van der Waals surface area contributed by atoms with Gasteiger partial charge in [-0.1, -0.05) is 72.8 Å². The third-order valence-corrected chi connectivity index (χ3v) is 11.7. The topological polar surface area (TPSA) is 0 Å². The SMILES string of the molecule is [Cl][Pt+].[c-]1c(C[PH+](c2ccccc2)c2ccccc2)cccc1C[PH+](c1ccccc1)c1ccccc1. The molecule has 36 heavy (non-hydrogen) atoms. The van der Waals surface area contributed by atoms with Crippen molar-refractivity contribution in [2.24, 2.45) is 0 Å². The van der Waals surface area contributed by atoms with E-state index in [0.29, 0.717) is 0 Å². The van der Waals surface area contributed by atoms with Crippen molar-refractivity contribution in [3.05, 3.63) is 157 Å². The van der Waals surface area contributed by atoms with Crippen LogP contribution >= 0.6 is 25.3 Å². The third-order valence-electron chi connectivity index (χ3n) is 6.14. The minimum Gasteiger partial charge on any atom is -0.172 e. The van der Waals surface area contributed by atoms with Crippen molar-refractivity contribution >= 4 is 46.5 Å². The molecule has 5 aromatic carbocycles. The Morgan fingerprint density at radius 3 is 0.972 bits per heavy atom. The van der Waals surface area contributed by atoms with Gasteiger partial charge in [0.15, 0.2) is 0 Å². The first-order valence-electron chi connectivity index (χ1n) is 11.9. The second-order valence-corrected chi connectivity index (χ2v) is 13.4. The zero-order valence-corrected chi connectivity index (χ0v) is 24.9. The van der Waals surface area contributed by atoms with E-state index < -0.39 is 15.8 Å². The number of hydrogen-bond acceptors (Lipinski definition) is 0. The first kappa shape index (κ1) is 27.0. The molecule has 0 saturated carbocycles. The van der Waals surface area contributed by atoms with E-state index in [1.54, 1.807) is 18.8 Å². The summed E-state index contributed by atoms with van der Waals surface area (Å²) in [5.41, 5.74) is 2.64. The van der Waals surface area contributed by atoms with Gasteiger partial charge in [0, 0.05) is 0 Å². The van der Waals surface area contributed by atoms with Gasteiger partial charge in [-0.2, -0.15) is 24.3 Å². The summed E-state index contributed by atoms with van der Waals surface area (Å²) in [4.78, 5) is 0. The predicted octanol–water partition coefficient (Wildman–Crippen LogP) is 6.90. The summed E-state index contributed by atoms with van der Waals surface area (Å²) in [5, 5.41) is 5.82. The molecule has 5 rings (SSSR count). The Morgan fingerprint density at radius 1 is 0.417 bits per heavy atom. The van der Waals surface area contributed by atoms with Crippen LogP contribution < -0.4 is 21.2 Å². The van der Waals surface area contributed by atoms with Crippen LogP contribution in [0.15, 0.2) is 140 Å². The molecule has 0 atom stereocenters. The quantitative estimate of drug-likeness (QED) is 0.122. The Balaban J connectivity index is 0.00000148. The second kappa shape index (κ2) is 14.6. The Kier molecular flexibility index (Phi) is 11.0. The summed E-state index contributed by atoms with van der Waals surface area (Å²) in [5.74, 6) is 0. The molecule has 0 aliphatic rings. The summed E-state index contributed by atoms with van der Waals surface area (Å²) < 4.78 is 0. The minimum absolute atomic E-state index is 0.923. The normalized spacial score (nSPS) is 10.7. The fraction of sp³-hybridized carbons (Fsp3) is 0.0625. The van der Waals surface area contributed by atoms with Crippen LogP contribution in [0.1, 0.15) is 11.1 Å². The van der Waals surface area contributed by atoms with Gasteiger partial charge >= 0.3 is 28.2 Å². The summed E-state index contributed by atoms with van der Waals surface area (Å²) >= 11 is 1.61. The molecule has 0 saturated heterocycles. The summed E-state index contributed by atoms with van der Waals surface area (Å²) in [6.45, 7) is 0. The van der Waals surface area contributed by atoms with Gasteiger partial charge in [0.2, 0.25) is 0 Å². The van der Waals surface area contributed by atoms with Crippen LogP contribution in [0.2, 0.25) is 0 Å². The molecule has 0 fully saturated rings. The van der Waals surface area contributed by atoms with Crippen LogP contribution in [0.25, 0.3) is 0 Å². The van der Waals surface area contributed by atoms with Crippen LogP contribution in [0.4, 0.5) is 0 Å². The molecule has 0 unspecified atom stereocenters. The monoisotopic (exact) mass is 705 g/mol. The van der Waals surface area contributed by atoms with Gasteiger partial charge in [-0.25, -0.2) is 0 Å². The Hall–Kier alpha value is -2.06. The number of benzene rings is 5. The smallest absolute Gasteiger partial charge is 0.0969 e. The van der Waals surface area contributed by atoms with Crippen LogP contribution in [0, 0.1) is 6.07 Å². The van der Waals surface area contributed by atoms with E-state index in [0.717, 1.165) is 12.3 Å². The summed E-state index contributed by atoms with van der Waals surface area (Å²) in [6.07, 6.45) is 2.09. The zero-order chi connectivity index (χ0) is 25.0. The molecule has 0 N–H and O–H groups in total. The molecule has 182 valence electrons.